The van der Waals surface area contributed by atoms with Crippen LogP contribution in [0.15, 0.2) is 30.6 Å². The number of rotatable bonds is 4. The van der Waals surface area contributed by atoms with Crippen LogP contribution in [-0.4, -0.2) is 33.1 Å². The maximum atomic E-state index is 9.39. The van der Waals surface area contributed by atoms with Crippen molar-refractivity contribution in [1.82, 2.24) is 14.9 Å². The van der Waals surface area contributed by atoms with Gasteiger partial charge in [-0.1, -0.05) is 23.7 Å². The van der Waals surface area contributed by atoms with Gasteiger partial charge in [-0.15, -0.1) is 0 Å². The highest BCUT2D eigenvalue weighted by Gasteiger charge is 2.26. The minimum atomic E-state index is -0.0383. The van der Waals surface area contributed by atoms with Crippen LogP contribution in [0.25, 0.3) is 11.3 Å². The van der Waals surface area contributed by atoms with Gasteiger partial charge in [0.15, 0.2) is 0 Å². The summed E-state index contributed by atoms with van der Waals surface area (Å²) in [7, 11) is 2.13. The minimum absolute atomic E-state index is 0.0383. The standard InChI is InChI=1S/C15H16ClN3O/c1-19(12-4-5-12)8-11-3-2-10(6-13(11)16)14-7-15(20)18-9-17-14/h2-3,6-7,9,12H,4-5,8H2,1H3,(H,17,18,20). The zero-order valence-electron chi connectivity index (χ0n) is 11.3. The number of hydrogen-bond acceptors (Lipinski definition) is 4. The van der Waals surface area contributed by atoms with E-state index in [2.05, 4.69) is 21.9 Å². The first kappa shape index (κ1) is 13.3. The van der Waals surface area contributed by atoms with Crippen LogP contribution >= 0.6 is 11.6 Å². The fraction of sp³-hybridized carbons (Fsp3) is 0.333. The lowest BCUT2D eigenvalue weighted by molar-refractivity contribution is 0.316. The minimum Gasteiger partial charge on any atom is -0.493 e. The molecule has 0 radical (unpaired) electrons. The molecule has 0 bridgehead atoms. The molecular formula is C15H16ClN3O. The zero-order valence-corrected chi connectivity index (χ0v) is 12.0. The summed E-state index contributed by atoms with van der Waals surface area (Å²) in [6.45, 7) is 0.860. The summed E-state index contributed by atoms with van der Waals surface area (Å²) in [6.07, 6.45) is 3.91. The van der Waals surface area contributed by atoms with Crippen molar-refractivity contribution >= 4 is 11.6 Å². The molecule has 20 heavy (non-hydrogen) atoms. The number of nitrogens with zero attached hydrogens (tertiary/aromatic N) is 3. The first-order chi connectivity index (χ1) is 9.63. The van der Waals surface area contributed by atoms with Gasteiger partial charge in [0, 0.05) is 29.2 Å². The fourth-order valence-electron chi connectivity index (χ4n) is 2.25. The number of benzene rings is 1. The van der Waals surface area contributed by atoms with Crippen LogP contribution in [0.5, 0.6) is 5.88 Å². The van der Waals surface area contributed by atoms with Crippen LogP contribution < -0.4 is 0 Å². The summed E-state index contributed by atoms with van der Waals surface area (Å²) in [4.78, 5) is 10.1. The van der Waals surface area contributed by atoms with E-state index in [9.17, 15) is 5.11 Å². The summed E-state index contributed by atoms with van der Waals surface area (Å²) >= 11 is 6.36. The van der Waals surface area contributed by atoms with E-state index in [1.165, 1.54) is 25.2 Å². The molecule has 5 heteroatoms. The number of halogens is 1. The Labute approximate surface area is 123 Å². The van der Waals surface area contributed by atoms with Gasteiger partial charge in [0.2, 0.25) is 5.88 Å². The largest absolute Gasteiger partial charge is 0.493 e. The maximum absolute atomic E-state index is 9.39. The maximum Gasteiger partial charge on any atom is 0.214 e. The van der Waals surface area contributed by atoms with E-state index in [0.717, 1.165) is 22.7 Å². The molecule has 1 aliphatic carbocycles. The van der Waals surface area contributed by atoms with E-state index < -0.39 is 0 Å². The second-order valence-corrected chi connectivity index (χ2v) is 5.62. The smallest absolute Gasteiger partial charge is 0.214 e. The van der Waals surface area contributed by atoms with Gasteiger partial charge < -0.3 is 5.11 Å². The van der Waals surface area contributed by atoms with Crippen molar-refractivity contribution in [2.45, 2.75) is 25.4 Å². The summed E-state index contributed by atoms with van der Waals surface area (Å²) in [5.74, 6) is -0.0383. The lowest BCUT2D eigenvalue weighted by Gasteiger charge is -2.17. The molecule has 0 atom stereocenters. The molecule has 0 spiro atoms. The van der Waals surface area contributed by atoms with Gasteiger partial charge in [-0.25, -0.2) is 9.97 Å². The number of aromatic nitrogens is 2. The summed E-state index contributed by atoms with van der Waals surface area (Å²) < 4.78 is 0. The zero-order chi connectivity index (χ0) is 14.1. The van der Waals surface area contributed by atoms with Crippen LogP contribution in [0.4, 0.5) is 0 Å². The Morgan fingerprint density at radius 1 is 1.30 bits per heavy atom. The molecule has 0 amide bonds. The normalized spacial score (nSPS) is 14.8. The van der Waals surface area contributed by atoms with Crippen molar-refractivity contribution in [2.75, 3.05) is 7.05 Å². The van der Waals surface area contributed by atoms with Crippen LogP contribution in [-0.2, 0) is 6.54 Å². The Morgan fingerprint density at radius 3 is 2.75 bits per heavy atom. The van der Waals surface area contributed by atoms with Crippen LogP contribution in [0.3, 0.4) is 0 Å². The van der Waals surface area contributed by atoms with E-state index in [0.29, 0.717) is 11.7 Å². The number of hydrogen-bond donors (Lipinski definition) is 1. The topological polar surface area (TPSA) is 49.2 Å². The third-order valence-corrected chi connectivity index (χ3v) is 3.94. The molecule has 104 valence electrons. The summed E-state index contributed by atoms with van der Waals surface area (Å²) in [5, 5.41) is 10.1. The second-order valence-electron chi connectivity index (χ2n) is 5.21. The molecule has 0 saturated heterocycles. The van der Waals surface area contributed by atoms with E-state index in [1.807, 2.05) is 18.2 Å². The van der Waals surface area contributed by atoms with Gasteiger partial charge in [0.1, 0.15) is 6.33 Å². The van der Waals surface area contributed by atoms with Crippen LogP contribution in [0, 0.1) is 0 Å². The fourth-order valence-corrected chi connectivity index (χ4v) is 2.49. The molecule has 1 N–H and O–H groups in total. The molecule has 1 heterocycles. The SMILES string of the molecule is CN(Cc1ccc(-c2cc(O)ncn2)cc1Cl)C1CC1. The highest BCUT2D eigenvalue weighted by atomic mass is 35.5. The lowest BCUT2D eigenvalue weighted by atomic mass is 10.1. The van der Waals surface area contributed by atoms with Gasteiger partial charge in [-0.3, -0.25) is 4.90 Å². The Balaban J connectivity index is 1.83. The monoisotopic (exact) mass is 289 g/mol. The van der Waals surface area contributed by atoms with Gasteiger partial charge in [-0.2, -0.15) is 0 Å². The molecule has 1 aromatic carbocycles. The van der Waals surface area contributed by atoms with Crippen molar-refractivity contribution in [3.8, 4) is 17.1 Å². The third-order valence-electron chi connectivity index (χ3n) is 3.59. The Kier molecular flexibility index (Phi) is 3.59. The first-order valence-electron chi connectivity index (χ1n) is 6.63. The summed E-state index contributed by atoms with van der Waals surface area (Å²) in [6, 6.07) is 8.13. The van der Waals surface area contributed by atoms with Gasteiger partial charge in [-0.05, 0) is 31.5 Å². The molecule has 3 rings (SSSR count). The number of aromatic hydroxyl groups is 1. The molecule has 0 unspecified atom stereocenters. The Hall–Kier alpha value is -1.65. The van der Waals surface area contributed by atoms with Crippen molar-refractivity contribution in [3.63, 3.8) is 0 Å². The molecule has 2 aromatic rings. The van der Waals surface area contributed by atoms with Crippen molar-refractivity contribution in [1.29, 1.82) is 0 Å². The van der Waals surface area contributed by atoms with Crippen LogP contribution in [0.2, 0.25) is 5.02 Å². The molecule has 0 aliphatic heterocycles. The third kappa shape index (κ3) is 2.92. The van der Waals surface area contributed by atoms with Crippen molar-refractivity contribution in [3.05, 3.63) is 41.2 Å². The average Bonchev–Trinajstić information content (AvgIpc) is 3.25. The van der Waals surface area contributed by atoms with Crippen LogP contribution in [0.1, 0.15) is 18.4 Å². The molecule has 1 fully saturated rings. The van der Waals surface area contributed by atoms with Gasteiger partial charge in [0.05, 0.1) is 5.69 Å². The molecular weight excluding hydrogens is 274 g/mol. The average molecular weight is 290 g/mol. The molecule has 1 aliphatic rings. The lowest BCUT2D eigenvalue weighted by Crippen LogP contribution is -2.20. The van der Waals surface area contributed by atoms with Crippen molar-refractivity contribution in [2.24, 2.45) is 0 Å². The van der Waals surface area contributed by atoms with Gasteiger partial charge >= 0.3 is 0 Å². The molecule has 1 aromatic heterocycles. The van der Waals surface area contributed by atoms with Gasteiger partial charge in [0.25, 0.3) is 0 Å². The molecule has 4 nitrogen and oxygen atoms in total. The first-order valence-corrected chi connectivity index (χ1v) is 7.01. The molecule has 1 saturated carbocycles. The van der Waals surface area contributed by atoms with E-state index in [4.69, 9.17) is 11.6 Å². The Morgan fingerprint density at radius 2 is 2.10 bits per heavy atom. The van der Waals surface area contributed by atoms with E-state index >= 15 is 0 Å². The predicted octanol–water partition coefficient (Wildman–Crippen LogP) is 3.10. The second kappa shape index (κ2) is 5.38. The Bertz CT molecular complexity index is 628. The van der Waals surface area contributed by atoms with E-state index in [-0.39, 0.29) is 5.88 Å². The van der Waals surface area contributed by atoms with E-state index in [1.54, 1.807) is 0 Å². The predicted molar refractivity (Wildman–Crippen MR) is 78.6 cm³/mol. The highest BCUT2D eigenvalue weighted by Crippen LogP contribution is 2.30. The summed E-state index contributed by atoms with van der Waals surface area (Å²) in [5.41, 5.74) is 2.66. The quantitative estimate of drug-likeness (QED) is 0.940. The van der Waals surface area contributed by atoms with Crippen molar-refractivity contribution < 1.29 is 5.11 Å². The highest BCUT2D eigenvalue weighted by molar-refractivity contribution is 6.31.